The summed E-state index contributed by atoms with van der Waals surface area (Å²) in [4.78, 5) is 38.3. The molecule has 138 valence electrons. The van der Waals surface area contributed by atoms with Crippen LogP contribution in [0.1, 0.15) is 63.6 Å². The Balaban J connectivity index is 1.31. The van der Waals surface area contributed by atoms with Crippen LogP contribution >= 0.6 is 0 Å². The molecule has 1 heterocycles. The molecule has 2 aromatic rings. The highest BCUT2D eigenvalue weighted by Gasteiger charge is 2.34. The lowest BCUT2D eigenvalue weighted by molar-refractivity contribution is -0.122. The number of hydrogen-bond donors (Lipinski definition) is 1. The summed E-state index contributed by atoms with van der Waals surface area (Å²) in [5.41, 5.74) is 3.41. The minimum Gasteiger partial charge on any atom is -0.349 e. The first-order valence-corrected chi connectivity index (χ1v) is 9.47. The summed E-state index contributed by atoms with van der Waals surface area (Å²) in [7, 11) is 0. The van der Waals surface area contributed by atoms with Crippen LogP contribution in [-0.2, 0) is 11.2 Å². The fourth-order valence-electron chi connectivity index (χ4n) is 4.01. The molecule has 5 nitrogen and oxygen atoms in total. The lowest BCUT2D eigenvalue weighted by Crippen LogP contribution is -2.33. The summed E-state index contributed by atoms with van der Waals surface area (Å²) in [6.07, 6.45) is 3.83. The van der Waals surface area contributed by atoms with E-state index in [1.54, 1.807) is 24.3 Å². The van der Waals surface area contributed by atoms with E-state index < -0.39 is 0 Å². The van der Waals surface area contributed by atoms with E-state index in [9.17, 15) is 14.4 Å². The van der Waals surface area contributed by atoms with Crippen molar-refractivity contribution in [2.24, 2.45) is 0 Å². The van der Waals surface area contributed by atoms with Crippen LogP contribution < -0.4 is 5.32 Å². The molecule has 1 aliphatic heterocycles. The van der Waals surface area contributed by atoms with Gasteiger partial charge in [0.2, 0.25) is 5.91 Å². The van der Waals surface area contributed by atoms with Crippen molar-refractivity contribution in [2.45, 2.75) is 38.1 Å². The lowest BCUT2D eigenvalue weighted by Gasteiger charge is -2.26. The third-order valence-electron chi connectivity index (χ3n) is 5.37. The standard InChI is InChI=1S/C22H22N2O3/c25-20(23-19-12-5-8-15-7-1-2-9-16(15)19)13-6-14-24-21(26)17-10-3-4-11-18(17)22(24)27/h1-4,7,9-11,19H,5-6,8,12-14H2,(H,23,25). The number of hydrogen-bond acceptors (Lipinski definition) is 3. The van der Waals surface area contributed by atoms with Gasteiger partial charge in [-0.15, -0.1) is 0 Å². The number of imide groups is 1. The molecule has 4 rings (SSSR count). The van der Waals surface area contributed by atoms with Crippen molar-refractivity contribution in [2.75, 3.05) is 6.54 Å². The van der Waals surface area contributed by atoms with Crippen LogP contribution in [0.25, 0.3) is 0 Å². The molecule has 2 aliphatic rings. The molecular formula is C22H22N2O3. The van der Waals surface area contributed by atoms with Gasteiger partial charge < -0.3 is 5.32 Å². The van der Waals surface area contributed by atoms with E-state index >= 15 is 0 Å². The number of nitrogens with zero attached hydrogens (tertiary/aromatic N) is 1. The summed E-state index contributed by atoms with van der Waals surface area (Å²) in [5.74, 6) is -0.567. The summed E-state index contributed by atoms with van der Waals surface area (Å²) in [5, 5.41) is 3.11. The Morgan fingerprint density at radius 2 is 1.67 bits per heavy atom. The van der Waals surface area contributed by atoms with Gasteiger partial charge in [-0.05, 0) is 48.9 Å². The van der Waals surface area contributed by atoms with Crippen molar-refractivity contribution >= 4 is 17.7 Å². The Kier molecular flexibility index (Phi) is 4.75. The fourth-order valence-corrected chi connectivity index (χ4v) is 4.01. The molecule has 2 aromatic carbocycles. The van der Waals surface area contributed by atoms with E-state index in [1.165, 1.54) is 16.0 Å². The second-order valence-corrected chi connectivity index (χ2v) is 7.12. The van der Waals surface area contributed by atoms with Gasteiger partial charge in [0.05, 0.1) is 17.2 Å². The van der Waals surface area contributed by atoms with E-state index in [-0.39, 0.29) is 30.3 Å². The van der Waals surface area contributed by atoms with Crippen molar-refractivity contribution < 1.29 is 14.4 Å². The molecule has 1 atom stereocenters. The van der Waals surface area contributed by atoms with Gasteiger partial charge in [0.25, 0.3) is 11.8 Å². The monoisotopic (exact) mass is 362 g/mol. The number of benzene rings is 2. The number of fused-ring (bicyclic) bond motifs is 2. The van der Waals surface area contributed by atoms with Crippen molar-refractivity contribution in [3.05, 3.63) is 70.8 Å². The van der Waals surface area contributed by atoms with Crippen LogP contribution in [-0.4, -0.2) is 29.2 Å². The first-order chi connectivity index (χ1) is 13.1. The van der Waals surface area contributed by atoms with Crippen LogP contribution in [0.3, 0.4) is 0 Å². The average molecular weight is 362 g/mol. The number of nitrogens with one attached hydrogen (secondary N) is 1. The first kappa shape index (κ1) is 17.5. The van der Waals surface area contributed by atoms with Crippen LogP contribution in [0.5, 0.6) is 0 Å². The third-order valence-corrected chi connectivity index (χ3v) is 5.37. The number of aryl methyl sites for hydroxylation is 1. The van der Waals surface area contributed by atoms with Gasteiger partial charge in [-0.1, -0.05) is 36.4 Å². The summed E-state index contributed by atoms with van der Waals surface area (Å²) >= 11 is 0. The molecule has 1 aliphatic carbocycles. The largest absolute Gasteiger partial charge is 0.349 e. The third kappa shape index (κ3) is 3.37. The predicted octanol–water partition coefficient (Wildman–Crippen LogP) is 3.26. The van der Waals surface area contributed by atoms with E-state index in [2.05, 4.69) is 17.4 Å². The average Bonchev–Trinajstić information content (AvgIpc) is 2.93. The zero-order valence-corrected chi connectivity index (χ0v) is 15.1. The highest BCUT2D eigenvalue weighted by Crippen LogP contribution is 2.29. The molecule has 1 N–H and O–H groups in total. The zero-order valence-electron chi connectivity index (χ0n) is 15.1. The fraction of sp³-hybridized carbons (Fsp3) is 0.318. The molecular weight excluding hydrogens is 340 g/mol. The predicted molar refractivity (Wildman–Crippen MR) is 101 cm³/mol. The molecule has 5 heteroatoms. The molecule has 0 bridgehead atoms. The van der Waals surface area contributed by atoms with Gasteiger partial charge in [-0.25, -0.2) is 0 Å². The number of carbonyl (C=O) groups is 3. The zero-order chi connectivity index (χ0) is 18.8. The molecule has 27 heavy (non-hydrogen) atoms. The Morgan fingerprint density at radius 3 is 2.41 bits per heavy atom. The topological polar surface area (TPSA) is 66.5 Å². The van der Waals surface area contributed by atoms with Crippen LogP contribution in [0.2, 0.25) is 0 Å². The van der Waals surface area contributed by atoms with Gasteiger partial charge in [-0.2, -0.15) is 0 Å². The molecule has 0 radical (unpaired) electrons. The maximum atomic E-state index is 12.4. The van der Waals surface area contributed by atoms with Crippen molar-refractivity contribution in [3.63, 3.8) is 0 Å². The van der Waals surface area contributed by atoms with Crippen LogP contribution in [0.15, 0.2) is 48.5 Å². The molecule has 0 saturated carbocycles. The van der Waals surface area contributed by atoms with Crippen molar-refractivity contribution in [1.29, 1.82) is 0 Å². The lowest BCUT2D eigenvalue weighted by atomic mass is 9.87. The van der Waals surface area contributed by atoms with Gasteiger partial charge in [-0.3, -0.25) is 19.3 Å². The minimum atomic E-state index is -0.266. The smallest absolute Gasteiger partial charge is 0.261 e. The SMILES string of the molecule is O=C(CCCN1C(=O)c2ccccc2C1=O)NC1CCCc2ccccc21. The van der Waals surface area contributed by atoms with Crippen molar-refractivity contribution in [1.82, 2.24) is 10.2 Å². The summed E-state index contributed by atoms with van der Waals surface area (Å²) in [6.45, 7) is 0.265. The van der Waals surface area contributed by atoms with Gasteiger partial charge in [0.15, 0.2) is 0 Å². The highest BCUT2D eigenvalue weighted by atomic mass is 16.2. The number of amides is 3. The molecule has 0 aromatic heterocycles. The summed E-state index contributed by atoms with van der Waals surface area (Å²) < 4.78 is 0. The van der Waals surface area contributed by atoms with Gasteiger partial charge in [0.1, 0.15) is 0 Å². The van der Waals surface area contributed by atoms with E-state index in [0.717, 1.165) is 19.3 Å². The highest BCUT2D eigenvalue weighted by molar-refractivity contribution is 6.21. The second kappa shape index (κ2) is 7.35. The van der Waals surface area contributed by atoms with E-state index in [4.69, 9.17) is 0 Å². The molecule has 0 fully saturated rings. The van der Waals surface area contributed by atoms with Crippen LogP contribution in [0, 0.1) is 0 Å². The minimum absolute atomic E-state index is 0.0340. The summed E-state index contributed by atoms with van der Waals surface area (Å²) in [6, 6.07) is 15.1. The second-order valence-electron chi connectivity index (χ2n) is 7.12. The van der Waals surface area contributed by atoms with Crippen molar-refractivity contribution in [3.8, 4) is 0 Å². The maximum Gasteiger partial charge on any atom is 0.261 e. The van der Waals surface area contributed by atoms with Gasteiger partial charge >= 0.3 is 0 Å². The van der Waals surface area contributed by atoms with E-state index in [1.807, 2.05) is 12.1 Å². The molecule has 3 amide bonds. The number of rotatable bonds is 5. The Labute approximate surface area is 158 Å². The number of carbonyl (C=O) groups excluding carboxylic acids is 3. The quantitative estimate of drug-likeness (QED) is 0.830. The Hall–Kier alpha value is -2.95. The van der Waals surface area contributed by atoms with E-state index in [0.29, 0.717) is 24.0 Å². The Morgan fingerprint density at radius 1 is 1.00 bits per heavy atom. The van der Waals surface area contributed by atoms with Crippen LogP contribution in [0.4, 0.5) is 0 Å². The molecule has 0 saturated heterocycles. The normalized spacial score (nSPS) is 18.2. The molecule has 1 unspecified atom stereocenters. The molecule has 0 spiro atoms. The Bertz CT molecular complexity index is 871. The first-order valence-electron chi connectivity index (χ1n) is 9.47. The maximum absolute atomic E-state index is 12.4. The van der Waals surface area contributed by atoms with Gasteiger partial charge in [0, 0.05) is 13.0 Å².